The molecule has 0 aromatic rings. The molecular formula is C15H27N3O. The molecule has 1 saturated carbocycles. The van der Waals surface area contributed by atoms with Gasteiger partial charge in [0.25, 0.3) is 0 Å². The van der Waals surface area contributed by atoms with Gasteiger partial charge < -0.3 is 10.2 Å². The van der Waals surface area contributed by atoms with Gasteiger partial charge in [-0.3, -0.25) is 9.69 Å². The van der Waals surface area contributed by atoms with Gasteiger partial charge >= 0.3 is 0 Å². The van der Waals surface area contributed by atoms with Crippen molar-refractivity contribution in [2.45, 2.75) is 32.1 Å². The summed E-state index contributed by atoms with van der Waals surface area (Å²) in [7, 11) is 0. The molecule has 2 aliphatic heterocycles. The van der Waals surface area contributed by atoms with E-state index in [2.05, 4.69) is 15.1 Å². The van der Waals surface area contributed by atoms with Crippen molar-refractivity contribution in [2.24, 2.45) is 11.8 Å². The first-order chi connectivity index (χ1) is 9.31. The molecule has 0 spiro atoms. The average molecular weight is 265 g/mol. The van der Waals surface area contributed by atoms with E-state index >= 15 is 0 Å². The van der Waals surface area contributed by atoms with E-state index in [1.165, 1.54) is 25.8 Å². The Morgan fingerprint density at radius 2 is 1.84 bits per heavy atom. The summed E-state index contributed by atoms with van der Waals surface area (Å²) >= 11 is 0. The number of piperazine rings is 1. The van der Waals surface area contributed by atoms with Crippen molar-refractivity contribution in [3.05, 3.63) is 0 Å². The fourth-order valence-corrected chi connectivity index (χ4v) is 3.29. The van der Waals surface area contributed by atoms with Gasteiger partial charge in [0.15, 0.2) is 0 Å². The van der Waals surface area contributed by atoms with Crippen LogP contribution in [0.1, 0.15) is 32.1 Å². The first-order valence-electron chi connectivity index (χ1n) is 8.02. The molecule has 3 rings (SSSR count). The Balaban J connectivity index is 1.34. The van der Waals surface area contributed by atoms with E-state index in [1.807, 2.05) is 0 Å². The summed E-state index contributed by atoms with van der Waals surface area (Å²) in [6.07, 6.45) is 5.94. The first kappa shape index (κ1) is 13.4. The second-order valence-electron chi connectivity index (χ2n) is 6.52. The van der Waals surface area contributed by atoms with E-state index in [9.17, 15) is 4.79 Å². The molecule has 3 fully saturated rings. The van der Waals surface area contributed by atoms with E-state index in [-0.39, 0.29) is 0 Å². The van der Waals surface area contributed by atoms with Crippen LogP contribution in [0.15, 0.2) is 0 Å². The largest absolute Gasteiger partial charge is 0.340 e. The van der Waals surface area contributed by atoms with Crippen LogP contribution in [-0.2, 0) is 4.79 Å². The van der Waals surface area contributed by atoms with Crippen LogP contribution in [0, 0.1) is 11.8 Å². The molecule has 2 saturated heterocycles. The third kappa shape index (κ3) is 3.93. The Morgan fingerprint density at radius 1 is 1.05 bits per heavy atom. The summed E-state index contributed by atoms with van der Waals surface area (Å²) < 4.78 is 0. The number of carbonyl (C=O) groups excluding carboxylic acids is 1. The number of nitrogens with zero attached hydrogens (tertiary/aromatic N) is 2. The summed E-state index contributed by atoms with van der Waals surface area (Å²) in [5.41, 5.74) is 0. The monoisotopic (exact) mass is 265 g/mol. The van der Waals surface area contributed by atoms with Gasteiger partial charge in [-0.1, -0.05) is 0 Å². The molecule has 3 aliphatic rings. The van der Waals surface area contributed by atoms with Crippen LogP contribution in [0.2, 0.25) is 0 Å². The van der Waals surface area contributed by atoms with Crippen LogP contribution in [-0.4, -0.2) is 61.5 Å². The normalized spacial score (nSPS) is 28.8. The van der Waals surface area contributed by atoms with E-state index < -0.39 is 0 Å². The van der Waals surface area contributed by atoms with Crippen molar-refractivity contribution < 1.29 is 4.79 Å². The van der Waals surface area contributed by atoms with E-state index in [4.69, 9.17) is 0 Å². The Kier molecular flexibility index (Phi) is 4.38. The van der Waals surface area contributed by atoms with Crippen molar-refractivity contribution >= 4 is 5.91 Å². The number of carbonyl (C=O) groups is 1. The number of nitrogens with one attached hydrogen (secondary N) is 1. The molecule has 1 amide bonds. The SMILES string of the molecule is O=C(CCC1CCNC1)N1CCN(CC2CC2)CC1. The highest BCUT2D eigenvalue weighted by Crippen LogP contribution is 2.30. The van der Waals surface area contributed by atoms with Gasteiger partial charge in [-0.05, 0) is 50.6 Å². The minimum absolute atomic E-state index is 0.387. The number of rotatable bonds is 5. The van der Waals surface area contributed by atoms with Gasteiger partial charge in [0.1, 0.15) is 0 Å². The maximum atomic E-state index is 12.2. The molecule has 2 heterocycles. The lowest BCUT2D eigenvalue weighted by Crippen LogP contribution is -2.49. The van der Waals surface area contributed by atoms with Gasteiger partial charge in [0.05, 0.1) is 0 Å². The smallest absolute Gasteiger partial charge is 0.222 e. The molecule has 0 aromatic heterocycles. The second kappa shape index (κ2) is 6.23. The lowest BCUT2D eigenvalue weighted by atomic mass is 10.0. The van der Waals surface area contributed by atoms with Crippen LogP contribution in [0.4, 0.5) is 0 Å². The fraction of sp³-hybridized carbons (Fsp3) is 0.933. The molecular weight excluding hydrogens is 238 g/mol. The molecule has 1 unspecified atom stereocenters. The Bertz CT molecular complexity index is 303. The molecule has 0 bridgehead atoms. The van der Waals surface area contributed by atoms with Gasteiger partial charge in [0, 0.05) is 39.1 Å². The number of amides is 1. The molecule has 4 nitrogen and oxygen atoms in total. The third-order valence-electron chi connectivity index (χ3n) is 4.87. The standard InChI is InChI=1S/C15H27N3O/c19-15(4-3-13-5-6-16-11-13)18-9-7-17(8-10-18)12-14-1-2-14/h13-14,16H,1-12H2. The average Bonchev–Trinajstić information content (AvgIpc) is 3.09. The molecule has 0 aromatic carbocycles. The highest BCUT2D eigenvalue weighted by Gasteiger charge is 2.27. The summed E-state index contributed by atoms with van der Waals surface area (Å²) in [5, 5.41) is 3.37. The van der Waals surface area contributed by atoms with Gasteiger partial charge in [-0.25, -0.2) is 0 Å². The summed E-state index contributed by atoms with van der Waals surface area (Å²) in [6.45, 7) is 7.61. The minimum Gasteiger partial charge on any atom is -0.340 e. The zero-order valence-corrected chi connectivity index (χ0v) is 11.9. The number of hydrogen-bond donors (Lipinski definition) is 1. The maximum Gasteiger partial charge on any atom is 0.222 e. The topological polar surface area (TPSA) is 35.6 Å². The Hall–Kier alpha value is -0.610. The van der Waals surface area contributed by atoms with Crippen LogP contribution >= 0.6 is 0 Å². The quantitative estimate of drug-likeness (QED) is 0.803. The molecule has 4 heteroatoms. The second-order valence-corrected chi connectivity index (χ2v) is 6.52. The van der Waals surface area contributed by atoms with Gasteiger partial charge in [0.2, 0.25) is 5.91 Å². The van der Waals surface area contributed by atoms with Crippen molar-refractivity contribution in [2.75, 3.05) is 45.8 Å². The fourth-order valence-electron chi connectivity index (χ4n) is 3.29. The van der Waals surface area contributed by atoms with Crippen LogP contribution in [0.25, 0.3) is 0 Å². The van der Waals surface area contributed by atoms with E-state index in [0.29, 0.717) is 5.91 Å². The van der Waals surface area contributed by atoms with Crippen LogP contribution in [0.5, 0.6) is 0 Å². The third-order valence-corrected chi connectivity index (χ3v) is 4.87. The molecule has 1 aliphatic carbocycles. The van der Waals surface area contributed by atoms with Crippen molar-refractivity contribution in [1.82, 2.24) is 15.1 Å². The summed E-state index contributed by atoms with van der Waals surface area (Å²) in [6, 6.07) is 0. The van der Waals surface area contributed by atoms with Crippen molar-refractivity contribution in [3.8, 4) is 0 Å². The summed E-state index contributed by atoms with van der Waals surface area (Å²) in [5.74, 6) is 2.09. The number of hydrogen-bond acceptors (Lipinski definition) is 3. The van der Waals surface area contributed by atoms with Gasteiger partial charge in [-0.15, -0.1) is 0 Å². The van der Waals surface area contributed by atoms with E-state index in [0.717, 1.165) is 63.9 Å². The maximum absolute atomic E-state index is 12.2. The lowest BCUT2D eigenvalue weighted by molar-refractivity contribution is -0.133. The first-order valence-corrected chi connectivity index (χ1v) is 8.02. The zero-order valence-electron chi connectivity index (χ0n) is 11.9. The van der Waals surface area contributed by atoms with Gasteiger partial charge in [-0.2, -0.15) is 0 Å². The summed E-state index contributed by atoms with van der Waals surface area (Å²) in [4.78, 5) is 16.8. The Morgan fingerprint density at radius 3 is 2.47 bits per heavy atom. The van der Waals surface area contributed by atoms with Crippen molar-refractivity contribution in [1.29, 1.82) is 0 Å². The Labute approximate surface area is 116 Å². The van der Waals surface area contributed by atoms with Crippen molar-refractivity contribution in [3.63, 3.8) is 0 Å². The van der Waals surface area contributed by atoms with Crippen LogP contribution in [0.3, 0.4) is 0 Å². The molecule has 108 valence electrons. The highest BCUT2D eigenvalue weighted by atomic mass is 16.2. The zero-order chi connectivity index (χ0) is 13.1. The molecule has 0 radical (unpaired) electrons. The molecule has 1 N–H and O–H groups in total. The highest BCUT2D eigenvalue weighted by molar-refractivity contribution is 5.76. The van der Waals surface area contributed by atoms with E-state index in [1.54, 1.807) is 0 Å². The molecule has 1 atom stereocenters. The lowest BCUT2D eigenvalue weighted by Gasteiger charge is -2.35. The minimum atomic E-state index is 0.387. The predicted molar refractivity (Wildman–Crippen MR) is 76.0 cm³/mol. The molecule has 19 heavy (non-hydrogen) atoms. The van der Waals surface area contributed by atoms with Crippen LogP contribution < -0.4 is 5.32 Å². The predicted octanol–water partition coefficient (Wildman–Crippen LogP) is 0.930.